The maximum absolute atomic E-state index is 12.3. The second kappa shape index (κ2) is 9.82. The number of hydrogen-bond donors (Lipinski definition) is 1. The first-order valence-electron chi connectivity index (χ1n) is 8.47. The number of amides is 1. The van der Waals surface area contributed by atoms with E-state index in [-0.39, 0.29) is 11.7 Å². The van der Waals surface area contributed by atoms with Crippen molar-refractivity contribution < 1.29 is 4.79 Å². The summed E-state index contributed by atoms with van der Waals surface area (Å²) >= 11 is 8.94. The zero-order chi connectivity index (χ0) is 19.9. The summed E-state index contributed by atoms with van der Waals surface area (Å²) < 4.78 is 1.93. The highest BCUT2D eigenvalue weighted by molar-refractivity contribution is 7.99. The molecule has 1 heterocycles. The van der Waals surface area contributed by atoms with Gasteiger partial charge in [0.15, 0.2) is 11.0 Å². The molecular weight excluding hydrogens is 412 g/mol. The normalized spacial score (nSPS) is 10.6. The van der Waals surface area contributed by atoms with Gasteiger partial charge in [0.05, 0.1) is 5.75 Å². The third-order valence-corrected chi connectivity index (χ3v) is 5.76. The maximum Gasteiger partial charge on any atom is 0.234 e. The molecule has 0 aliphatic carbocycles. The zero-order valence-electron chi connectivity index (χ0n) is 15.3. The van der Waals surface area contributed by atoms with Crippen molar-refractivity contribution in [2.75, 3.05) is 17.3 Å². The van der Waals surface area contributed by atoms with Crippen LogP contribution in [-0.2, 0) is 11.3 Å². The summed E-state index contributed by atoms with van der Waals surface area (Å²) in [5.74, 6) is 0.857. The van der Waals surface area contributed by atoms with Gasteiger partial charge in [-0.15, -0.1) is 28.5 Å². The van der Waals surface area contributed by atoms with E-state index in [1.165, 1.54) is 11.8 Å². The average molecular weight is 431 g/mol. The summed E-state index contributed by atoms with van der Waals surface area (Å²) in [7, 11) is 0. The van der Waals surface area contributed by atoms with Crippen LogP contribution in [0.1, 0.15) is 0 Å². The van der Waals surface area contributed by atoms with Crippen LogP contribution >= 0.6 is 35.1 Å². The monoisotopic (exact) mass is 430 g/mol. The van der Waals surface area contributed by atoms with Gasteiger partial charge in [-0.05, 0) is 48.7 Å². The number of nitrogens with zero attached hydrogens (tertiary/aromatic N) is 3. The Hall–Kier alpha value is -2.22. The molecule has 2 aromatic carbocycles. The van der Waals surface area contributed by atoms with Gasteiger partial charge >= 0.3 is 0 Å². The van der Waals surface area contributed by atoms with Crippen LogP contribution in [0, 0.1) is 0 Å². The first kappa shape index (κ1) is 20.5. The number of rotatable bonds is 8. The number of thioether (sulfide) groups is 2. The number of benzene rings is 2. The van der Waals surface area contributed by atoms with Gasteiger partial charge in [-0.1, -0.05) is 35.5 Å². The van der Waals surface area contributed by atoms with Crippen molar-refractivity contribution in [3.05, 3.63) is 66.2 Å². The van der Waals surface area contributed by atoms with Crippen LogP contribution in [0.15, 0.2) is 71.2 Å². The lowest BCUT2D eigenvalue weighted by Gasteiger charge is -2.09. The van der Waals surface area contributed by atoms with E-state index in [1.807, 2.05) is 59.4 Å². The van der Waals surface area contributed by atoms with Gasteiger partial charge in [-0.3, -0.25) is 9.36 Å². The topological polar surface area (TPSA) is 59.8 Å². The SMILES string of the molecule is C=CCn1c(SCC(=O)Nc2cccc(SC)c2)nnc1-c1ccc(Cl)cc1. The number of allylic oxidation sites excluding steroid dienone is 1. The first-order chi connectivity index (χ1) is 13.6. The highest BCUT2D eigenvalue weighted by Gasteiger charge is 2.15. The predicted molar refractivity (Wildman–Crippen MR) is 118 cm³/mol. The number of halogens is 1. The first-order valence-corrected chi connectivity index (χ1v) is 11.1. The third kappa shape index (κ3) is 5.19. The van der Waals surface area contributed by atoms with Crippen molar-refractivity contribution in [3.8, 4) is 11.4 Å². The molecule has 3 rings (SSSR count). The molecule has 144 valence electrons. The summed E-state index contributed by atoms with van der Waals surface area (Å²) in [6, 6.07) is 15.2. The molecule has 1 N–H and O–H groups in total. The molecule has 1 aromatic heterocycles. The Morgan fingerprint density at radius 1 is 1.25 bits per heavy atom. The van der Waals surface area contributed by atoms with Crippen molar-refractivity contribution in [1.29, 1.82) is 0 Å². The van der Waals surface area contributed by atoms with E-state index in [0.29, 0.717) is 22.5 Å². The molecule has 0 unspecified atom stereocenters. The van der Waals surface area contributed by atoms with Crippen LogP contribution in [-0.4, -0.2) is 32.7 Å². The lowest BCUT2D eigenvalue weighted by atomic mass is 10.2. The Labute approximate surface area is 177 Å². The largest absolute Gasteiger partial charge is 0.325 e. The number of hydrogen-bond acceptors (Lipinski definition) is 5. The Morgan fingerprint density at radius 2 is 2.04 bits per heavy atom. The standard InChI is InChI=1S/C20H19ClN4OS2/c1-3-11-25-19(14-7-9-15(21)10-8-14)23-24-20(25)28-13-18(26)22-16-5-4-6-17(12-16)27-2/h3-10,12H,1,11,13H2,2H3,(H,22,26). The summed E-state index contributed by atoms with van der Waals surface area (Å²) in [4.78, 5) is 13.4. The molecule has 0 aliphatic heterocycles. The molecule has 1 amide bonds. The van der Waals surface area contributed by atoms with Crippen molar-refractivity contribution in [2.45, 2.75) is 16.6 Å². The van der Waals surface area contributed by atoms with Crippen molar-refractivity contribution in [3.63, 3.8) is 0 Å². The molecule has 0 aliphatic rings. The molecule has 0 spiro atoms. The second-order valence-electron chi connectivity index (χ2n) is 5.78. The van der Waals surface area contributed by atoms with Crippen molar-refractivity contribution in [1.82, 2.24) is 14.8 Å². The number of nitrogens with one attached hydrogen (secondary N) is 1. The van der Waals surface area contributed by atoms with Crippen LogP contribution in [0.25, 0.3) is 11.4 Å². The van der Waals surface area contributed by atoms with Gasteiger partial charge in [-0.25, -0.2) is 0 Å². The second-order valence-corrected chi connectivity index (χ2v) is 8.04. The Bertz CT molecular complexity index is 973. The number of aromatic nitrogens is 3. The average Bonchev–Trinajstić information content (AvgIpc) is 3.10. The fraction of sp³-hybridized carbons (Fsp3) is 0.150. The van der Waals surface area contributed by atoms with E-state index in [1.54, 1.807) is 17.8 Å². The minimum absolute atomic E-state index is 0.0931. The highest BCUT2D eigenvalue weighted by Crippen LogP contribution is 2.25. The number of anilines is 1. The van der Waals surface area contributed by atoms with Gasteiger partial charge in [0.25, 0.3) is 0 Å². The van der Waals surface area contributed by atoms with Gasteiger partial charge in [-0.2, -0.15) is 0 Å². The van der Waals surface area contributed by atoms with Crippen LogP contribution in [0.2, 0.25) is 5.02 Å². The molecule has 0 radical (unpaired) electrons. The summed E-state index contributed by atoms with van der Waals surface area (Å²) in [5, 5.41) is 12.8. The lowest BCUT2D eigenvalue weighted by molar-refractivity contribution is -0.113. The quantitative estimate of drug-likeness (QED) is 0.391. The predicted octanol–water partition coefficient (Wildman–Crippen LogP) is 5.24. The van der Waals surface area contributed by atoms with Crippen molar-refractivity contribution in [2.24, 2.45) is 0 Å². The molecular formula is C20H19ClN4OS2. The minimum atomic E-state index is -0.0931. The molecule has 8 heteroatoms. The number of carbonyl (C=O) groups is 1. The summed E-state index contributed by atoms with van der Waals surface area (Å²) in [6.07, 6.45) is 3.78. The van der Waals surface area contributed by atoms with Gasteiger partial charge in [0.2, 0.25) is 5.91 Å². The summed E-state index contributed by atoms with van der Waals surface area (Å²) in [6.45, 7) is 4.35. The smallest absolute Gasteiger partial charge is 0.234 e. The lowest BCUT2D eigenvalue weighted by Crippen LogP contribution is -2.14. The molecule has 0 bridgehead atoms. The van der Waals surface area contributed by atoms with E-state index in [9.17, 15) is 4.79 Å². The Morgan fingerprint density at radius 3 is 2.75 bits per heavy atom. The highest BCUT2D eigenvalue weighted by atomic mass is 35.5. The molecule has 0 atom stereocenters. The molecule has 28 heavy (non-hydrogen) atoms. The Balaban J connectivity index is 1.70. The summed E-state index contributed by atoms with van der Waals surface area (Å²) in [5.41, 5.74) is 1.69. The van der Waals surface area contributed by atoms with Crippen LogP contribution in [0.3, 0.4) is 0 Å². The van der Waals surface area contributed by atoms with E-state index in [4.69, 9.17) is 11.6 Å². The fourth-order valence-electron chi connectivity index (χ4n) is 2.53. The number of carbonyl (C=O) groups excluding carboxylic acids is 1. The van der Waals surface area contributed by atoms with Gasteiger partial charge < -0.3 is 5.32 Å². The van der Waals surface area contributed by atoms with E-state index >= 15 is 0 Å². The molecule has 5 nitrogen and oxygen atoms in total. The maximum atomic E-state index is 12.3. The zero-order valence-corrected chi connectivity index (χ0v) is 17.7. The molecule has 3 aromatic rings. The Kier molecular flexibility index (Phi) is 7.19. The van der Waals surface area contributed by atoms with Crippen LogP contribution < -0.4 is 5.32 Å². The molecule has 0 saturated carbocycles. The van der Waals surface area contributed by atoms with Crippen LogP contribution in [0.5, 0.6) is 0 Å². The third-order valence-electron chi connectivity index (χ3n) is 3.82. The fourth-order valence-corrected chi connectivity index (χ4v) is 3.86. The minimum Gasteiger partial charge on any atom is -0.325 e. The molecule has 0 fully saturated rings. The van der Waals surface area contributed by atoms with Gasteiger partial charge in [0.1, 0.15) is 0 Å². The molecule has 0 saturated heterocycles. The van der Waals surface area contributed by atoms with Gasteiger partial charge in [0, 0.05) is 27.7 Å². The van der Waals surface area contributed by atoms with E-state index in [2.05, 4.69) is 22.1 Å². The van der Waals surface area contributed by atoms with Crippen molar-refractivity contribution >= 4 is 46.7 Å². The van der Waals surface area contributed by atoms with Crippen LogP contribution in [0.4, 0.5) is 5.69 Å². The van der Waals surface area contributed by atoms with E-state index in [0.717, 1.165) is 16.1 Å². The van der Waals surface area contributed by atoms with E-state index < -0.39 is 0 Å².